The first-order chi connectivity index (χ1) is 7.83. The molecule has 0 amide bonds. The predicted octanol–water partition coefficient (Wildman–Crippen LogP) is 2.97. The van der Waals surface area contributed by atoms with Crippen molar-refractivity contribution in [2.24, 2.45) is 0 Å². The highest BCUT2D eigenvalue weighted by molar-refractivity contribution is 7.06. The molecule has 5 heteroatoms. The highest BCUT2D eigenvalue weighted by Crippen LogP contribution is 2.29. The van der Waals surface area contributed by atoms with E-state index < -0.39 is 0 Å². The highest BCUT2D eigenvalue weighted by atomic mass is 35.5. The van der Waals surface area contributed by atoms with Crippen LogP contribution in [-0.4, -0.2) is 16.1 Å². The third-order valence-electron chi connectivity index (χ3n) is 2.22. The van der Waals surface area contributed by atoms with Crippen molar-refractivity contribution in [3.8, 4) is 11.3 Å². The Morgan fingerprint density at radius 1 is 1.38 bits per heavy atom. The zero-order valence-corrected chi connectivity index (χ0v) is 10.5. The number of benzene rings is 1. The van der Waals surface area contributed by atoms with Crippen LogP contribution in [0.2, 0.25) is 5.02 Å². The van der Waals surface area contributed by atoms with E-state index >= 15 is 0 Å². The second-order valence-corrected chi connectivity index (χ2v) is 4.55. The Balaban J connectivity index is 2.33. The summed E-state index contributed by atoms with van der Waals surface area (Å²) < 4.78 is 3.99. The molecule has 84 valence electrons. The van der Waals surface area contributed by atoms with Crippen LogP contribution in [0.25, 0.3) is 11.3 Å². The average molecular weight is 254 g/mol. The zero-order chi connectivity index (χ0) is 11.4. The molecule has 0 atom stereocenters. The molecule has 1 heterocycles. The predicted molar refractivity (Wildman–Crippen MR) is 67.7 cm³/mol. The van der Waals surface area contributed by atoms with Gasteiger partial charge in [-0.2, -0.15) is 0 Å². The lowest BCUT2D eigenvalue weighted by atomic mass is 10.1. The molecular formula is C11H12ClN3S. The Kier molecular flexibility index (Phi) is 3.88. The Labute approximate surface area is 104 Å². The largest absolute Gasteiger partial charge is 0.312 e. The van der Waals surface area contributed by atoms with E-state index in [0.29, 0.717) is 5.02 Å². The van der Waals surface area contributed by atoms with Gasteiger partial charge < -0.3 is 5.32 Å². The van der Waals surface area contributed by atoms with Crippen LogP contribution in [0.15, 0.2) is 24.3 Å². The molecule has 1 aromatic carbocycles. The molecule has 1 N–H and O–H groups in total. The second-order valence-electron chi connectivity index (χ2n) is 3.30. The Hall–Kier alpha value is -0.970. The molecule has 0 bridgehead atoms. The summed E-state index contributed by atoms with van der Waals surface area (Å²) in [5.74, 6) is 0. The number of aromatic nitrogens is 2. The number of hydrogen-bond donors (Lipinski definition) is 1. The van der Waals surface area contributed by atoms with Crippen LogP contribution < -0.4 is 5.32 Å². The van der Waals surface area contributed by atoms with E-state index in [1.54, 1.807) is 0 Å². The van der Waals surface area contributed by atoms with Gasteiger partial charge in [-0.05, 0) is 24.1 Å². The van der Waals surface area contributed by atoms with E-state index in [-0.39, 0.29) is 0 Å². The summed E-state index contributed by atoms with van der Waals surface area (Å²) in [6, 6.07) is 7.70. The standard InChI is InChI=1S/C11H12ClN3S/c1-2-13-7-10-11(14-15-16-10)8-5-3-4-6-9(8)12/h3-6,13H,2,7H2,1H3. The fourth-order valence-electron chi connectivity index (χ4n) is 1.42. The fraction of sp³-hybridized carbons (Fsp3) is 0.273. The van der Waals surface area contributed by atoms with E-state index in [4.69, 9.17) is 11.6 Å². The van der Waals surface area contributed by atoms with Gasteiger partial charge in [-0.15, -0.1) is 5.10 Å². The maximum atomic E-state index is 6.14. The summed E-state index contributed by atoms with van der Waals surface area (Å²) in [6.45, 7) is 3.79. The minimum Gasteiger partial charge on any atom is -0.312 e. The van der Waals surface area contributed by atoms with Gasteiger partial charge in [0.1, 0.15) is 5.69 Å². The van der Waals surface area contributed by atoms with Crippen molar-refractivity contribution in [1.29, 1.82) is 0 Å². The van der Waals surface area contributed by atoms with Crippen LogP contribution in [-0.2, 0) is 6.54 Å². The smallest absolute Gasteiger partial charge is 0.111 e. The molecule has 1 aromatic heterocycles. The van der Waals surface area contributed by atoms with Crippen LogP contribution in [0.4, 0.5) is 0 Å². The average Bonchev–Trinajstić information content (AvgIpc) is 2.75. The van der Waals surface area contributed by atoms with Gasteiger partial charge in [0.05, 0.1) is 9.90 Å². The summed E-state index contributed by atoms with van der Waals surface area (Å²) in [5, 5.41) is 8.13. The lowest BCUT2D eigenvalue weighted by Gasteiger charge is -2.03. The van der Waals surface area contributed by atoms with Crippen LogP contribution >= 0.6 is 23.1 Å². The molecule has 2 rings (SSSR count). The number of hydrogen-bond acceptors (Lipinski definition) is 4. The van der Waals surface area contributed by atoms with Gasteiger partial charge in [-0.3, -0.25) is 0 Å². The zero-order valence-electron chi connectivity index (χ0n) is 8.90. The number of nitrogens with zero attached hydrogens (tertiary/aromatic N) is 2. The van der Waals surface area contributed by atoms with Crippen molar-refractivity contribution >= 4 is 23.1 Å². The fourth-order valence-corrected chi connectivity index (χ4v) is 2.27. The molecule has 0 spiro atoms. The lowest BCUT2D eigenvalue weighted by molar-refractivity contribution is 0.735. The maximum Gasteiger partial charge on any atom is 0.111 e. The molecule has 0 saturated carbocycles. The van der Waals surface area contributed by atoms with Crippen LogP contribution in [0, 0.1) is 0 Å². The summed E-state index contributed by atoms with van der Waals surface area (Å²) >= 11 is 7.55. The molecule has 0 aliphatic rings. The quantitative estimate of drug-likeness (QED) is 0.910. The Morgan fingerprint density at radius 3 is 2.94 bits per heavy atom. The van der Waals surface area contributed by atoms with Crippen LogP contribution in [0.1, 0.15) is 11.8 Å². The SMILES string of the molecule is CCNCc1snnc1-c1ccccc1Cl. The van der Waals surface area contributed by atoms with Gasteiger partial charge in [0.25, 0.3) is 0 Å². The molecule has 3 nitrogen and oxygen atoms in total. The molecule has 0 aliphatic heterocycles. The topological polar surface area (TPSA) is 37.8 Å². The van der Waals surface area contributed by atoms with Gasteiger partial charge in [0.15, 0.2) is 0 Å². The van der Waals surface area contributed by atoms with Gasteiger partial charge >= 0.3 is 0 Å². The molecule has 0 unspecified atom stereocenters. The minimum absolute atomic E-state index is 0.716. The van der Waals surface area contributed by atoms with Crippen molar-refractivity contribution in [2.45, 2.75) is 13.5 Å². The monoisotopic (exact) mass is 253 g/mol. The molecule has 0 fully saturated rings. The minimum atomic E-state index is 0.716. The maximum absolute atomic E-state index is 6.14. The first kappa shape index (κ1) is 11.5. The number of nitrogens with one attached hydrogen (secondary N) is 1. The number of halogens is 1. The molecule has 0 aliphatic carbocycles. The van der Waals surface area contributed by atoms with Crippen molar-refractivity contribution < 1.29 is 0 Å². The van der Waals surface area contributed by atoms with E-state index in [9.17, 15) is 0 Å². The van der Waals surface area contributed by atoms with Gasteiger partial charge in [-0.25, -0.2) is 0 Å². The van der Waals surface area contributed by atoms with E-state index in [0.717, 1.165) is 29.2 Å². The molecular weight excluding hydrogens is 242 g/mol. The third kappa shape index (κ3) is 2.40. The summed E-state index contributed by atoms with van der Waals surface area (Å²) in [7, 11) is 0. The van der Waals surface area contributed by atoms with E-state index in [1.165, 1.54) is 11.5 Å². The third-order valence-corrected chi connectivity index (χ3v) is 3.27. The molecule has 0 radical (unpaired) electrons. The summed E-state index contributed by atoms with van der Waals surface area (Å²) in [5.41, 5.74) is 1.84. The highest BCUT2D eigenvalue weighted by Gasteiger charge is 2.12. The van der Waals surface area contributed by atoms with E-state index in [2.05, 4.69) is 21.8 Å². The van der Waals surface area contributed by atoms with Gasteiger partial charge in [0.2, 0.25) is 0 Å². The van der Waals surface area contributed by atoms with Gasteiger partial charge in [0, 0.05) is 12.1 Å². The Morgan fingerprint density at radius 2 is 2.19 bits per heavy atom. The lowest BCUT2D eigenvalue weighted by Crippen LogP contribution is -2.11. The molecule has 0 saturated heterocycles. The normalized spacial score (nSPS) is 10.6. The van der Waals surface area contributed by atoms with Gasteiger partial charge in [-0.1, -0.05) is 41.2 Å². The van der Waals surface area contributed by atoms with Crippen LogP contribution in [0.3, 0.4) is 0 Å². The second kappa shape index (κ2) is 5.39. The van der Waals surface area contributed by atoms with Crippen LogP contribution in [0.5, 0.6) is 0 Å². The first-order valence-corrected chi connectivity index (χ1v) is 6.25. The Bertz CT molecular complexity index is 470. The van der Waals surface area contributed by atoms with Crippen molar-refractivity contribution in [1.82, 2.24) is 14.9 Å². The van der Waals surface area contributed by atoms with Crippen molar-refractivity contribution in [2.75, 3.05) is 6.54 Å². The number of rotatable bonds is 4. The molecule has 16 heavy (non-hydrogen) atoms. The van der Waals surface area contributed by atoms with E-state index in [1.807, 2.05) is 24.3 Å². The van der Waals surface area contributed by atoms with Crippen molar-refractivity contribution in [3.05, 3.63) is 34.2 Å². The summed E-state index contributed by atoms with van der Waals surface area (Å²) in [6.07, 6.45) is 0. The summed E-state index contributed by atoms with van der Waals surface area (Å²) in [4.78, 5) is 1.12. The first-order valence-electron chi connectivity index (χ1n) is 5.09. The van der Waals surface area contributed by atoms with Crippen molar-refractivity contribution in [3.63, 3.8) is 0 Å². The molecule has 2 aromatic rings.